The molecule has 1 atom stereocenters. The van der Waals surface area contributed by atoms with Crippen LogP contribution in [-0.2, 0) is 0 Å². The second kappa shape index (κ2) is 5.75. The predicted octanol–water partition coefficient (Wildman–Crippen LogP) is 5.60. The standard InChI is InChI=1S/C20H22FO/c1-20(2)12-6-9-18(20)16-8-5-4-7-15(16)17-13-14(22-3)10-11-19(17)21/h4,7-8,10-11,13,18H,6,9,12H2,1-3H3. The minimum Gasteiger partial charge on any atom is -0.497 e. The molecule has 0 spiro atoms. The van der Waals surface area contributed by atoms with Crippen LogP contribution in [0.3, 0.4) is 0 Å². The van der Waals surface area contributed by atoms with E-state index in [2.05, 4.69) is 19.9 Å². The zero-order valence-corrected chi connectivity index (χ0v) is 13.4. The van der Waals surface area contributed by atoms with Crippen LogP contribution in [0.2, 0.25) is 0 Å². The third-order valence-corrected chi connectivity index (χ3v) is 4.99. The summed E-state index contributed by atoms with van der Waals surface area (Å²) in [5.41, 5.74) is 3.04. The highest BCUT2D eigenvalue weighted by molar-refractivity contribution is 5.70. The van der Waals surface area contributed by atoms with Crippen molar-refractivity contribution in [2.75, 3.05) is 7.11 Å². The Labute approximate surface area is 132 Å². The van der Waals surface area contributed by atoms with Gasteiger partial charge in [-0.05, 0) is 59.6 Å². The van der Waals surface area contributed by atoms with Crippen molar-refractivity contribution in [2.24, 2.45) is 5.41 Å². The minimum absolute atomic E-state index is 0.205. The first-order valence-electron chi connectivity index (χ1n) is 7.87. The van der Waals surface area contributed by atoms with Crippen LogP contribution < -0.4 is 4.74 Å². The van der Waals surface area contributed by atoms with Crippen molar-refractivity contribution < 1.29 is 9.13 Å². The molecule has 1 unspecified atom stereocenters. The summed E-state index contributed by atoms with van der Waals surface area (Å²) >= 11 is 0. The fourth-order valence-corrected chi connectivity index (χ4v) is 3.72. The summed E-state index contributed by atoms with van der Waals surface area (Å²) in [5.74, 6) is 0.926. The van der Waals surface area contributed by atoms with Gasteiger partial charge in [0.2, 0.25) is 0 Å². The molecule has 2 heteroatoms. The van der Waals surface area contributed by atoms with Crippen molar-refractivity contribution in [3.63, 3.8) is 0 Å². The quantitative estimate of drug-likeness (QED) is 0.717. The van der Waals surface area contributed by atoms with Crippen molar-refractivity contribution in [3.05, 3.63) is 53.8 Å². The Morgan fingerprint density at radius 1 is 1.23 bits per heavy atom. The largest absolute Gasteiger partial charge is 0.497 e. The Morgan fingerprint density at radius 3 is 2.73 bits per heavy atom. The van der Waals surface area contributed by atoms with E-state index in [9.17, 15) is 4.39 Å². The van der Waals surface area contributed by atoms with Gasteiger partial charge in [0.1, 0.15) is 11.6 Å². The lowest BCUT2D eigenvalue weighted by atomic mass is 9.75. The van der Waals surface area contributed by atoms with E-state index >= 15 is 0 Å². The van der Waals surface area contributed by atoms with Gasteiger partial charge in [-0.1, -0.05) is 38.5 Å². The van der Waals surface area contributed by atoms with Crippen molar-refractivity contribution in [1.29, 1.82) is 0 Å². The molecule has 0 saturated heterocycles. The van der Waals surface area contributed by atoms with E-state index in [1.165, 1.54) is 24.5 Å². The molecule has 2 aromatic rings. The third-order valence-electron chi connectivity index (χ3n) is 4.99. The summed E-state index contributed by atoms with van der Waals surface area (Å²) in [7, 11) is 1.61. The average molecular weight is 297 g/mol. The Kier molecular flexibility index (Phi) is 3.94. The molecule has 0 bridgehead atoms. The van der Waals surface area contributed by atoms with Gasteiger partial charge in [-0.15, -0.1) is 0 Å². The molecule has 3 rings (SSSR count). The van der Waals surface area contributed by atoms with Crippen LogP contribution in [0, 0.1) is 17.3 Å². The van der Waals surface area contributed by atoms with Crippen LogP contribution in [0.15, 0.2) is 36.4 Å². The summed E-state index contributed by atoms with van der Waals surface area (Å²) in [6.45, 7) is 4.62. The van der Waals surface area contributed by atoms with Crippen LogP contribution >= 0.6 is 0 Å². The van der Waals surface area contributed by atoms with E-state index in [0.717, 1.165) is 12.0 Å². The molecule has 1 aliphatic carbocycles. The van der Waals surface area contributed by atoms with Gasteiger partial charge in [-0.25, -0.2) is 4.39 Å². The number of ether oxygens (including phenoxy) is 1. The molecular formula is C20H22FO. The first-order chi connectivity index (χ1) is 10.5. The lowest BCUT2D eigenvalue weighted by molar-refractivity contribution is 0.333. The highest BCUT2D eigenvalue weighted by Gasteiger charge is 2.36. The van der Waals surface area contributed by atoms with Gasteiger partial charge in [0.25, 0.3) is 0 Å². The van der Waals surface area contributed by atoms with Gasteiger partial charge >= 0.3 is 0 Å². The molecular weight excluding hydrogens is 275 g/mol. The summed E-state index contributed by atoms with van der Waals surface area (Å²) in [4.78, 5) is 0. The highest BCUT2D eigenvalue weighted by atomic mass is 19.1. The number of rotatable bonds is 3. The number of methoxy groups -OCH3 is 1. The highest BCUT2D eigenvalue weighted by Crippen LogP contribution is 2.51. The Morgan fingerprint density at radius 2 is 2.05 bits per heavy atom. The monoisotopic (exact) mass is 297 g/mol. The number of benzene rings is 2. The van der Waals surface area contributed by atoms with Gasteiger partial charge in [-0.3, -0.25) is 0 Å². The van der Waals surface area contributed by atoms with Gasteiger partial charge in [0, 0.05) is 5.56 Å². The molecule has 22 heavy (non-hydrogen) atoms. The molecule has 1 radical (unpaired) electrons. The van der Waals surface area contributed by atoms with Crippen LogP contribution in [0.4, 0.5) is 4.39 Å². The molecule has 0 amide bonds. The lowest BCUT2D eigenvalue weighted by Gasteiger charge is -2.29. The van der Waals surface area contributed by atoms with E-state index in [-0.39, 0.29) is 11.2 Å². The van der Waals surface area contributed by atoms with E-state index in [4.69, 9.17) is 4.74 Å². The van der Waals surface area contributed by atoms with Crippen LogP contribution in [0.25, 0.3) is 11.1 Å². The Balaban J connectivity index is 2.13. The lowest BCUT2D eigenvalue weighted by Crippen LogP contribution is -2.16. The predicted molar refractivity (Wildman–Crippen MR) is 87.6 cm³/mol. The molecule has 0 aliphatic heterocycles. The average Bonchev–Trinajstić information content (AvgIpc) is 2.87. The van der Waals surface area contributed by atoms with Crippen molar-refractivity contribution in [3.8, 4) is 16.9 Å². The summed E-state index contributed by atoms with van der Waals surface area (Å²) in [6, 6.07) is 14.0. The van der Waals surface area contributed by atoms with Crippen molar-refractivity contribution in [2.45, 2.75) is 39.0 Å². The van der Waals surface area contributed by atoms with Gasteiger partial charge in [0.15, 0.2) is 0 Å². The first kappa shape index (κ1) is 15.1. The zero-order valence-electron chi connectivity index (χ0n) is 13.4. The third kappa shape index (κ3) is 2.63. The maximum atomic E-state index is 14.4. The second-order valence-electron chi connectivity index (χ2n) is 6.79. The van der Waals surface area contributed by atoms with E-state index < -0.39 is 0 Å². The Bertz CT molecular complexity index is 675. The van der Waals surface area contributed by atoms with Gasteiger partial charge in [-0.2, -0.15) is 0 Å². The van der Waals surface area contributed by atoms with Gasteiger partial charge in [0.05, 0.1) is 7.11 Å². The molecule has 1 saturated carbocycles. The molecule has 1 fully saturated rings. The molecule has 0 heterocycles. The van der Waals surface area contributed by atoms with Crippen LogP contribution in [0.5, 0.6) is 5.75 Å². The van der Waals surface area contributed by atoms with E-state index in [0.29, 0.717) is 17.2 Å². The van der Waals surface area contributed by atoms with Crippen molar-refractivity contribution in [1.82, 2.24) is 0 Å². The summed E-state index contributed by atoms with van der Waals surface area (Å²) in [6.07, 6.45) is 3.60. The number of hydrogen-bond donors (Lipinski definition) is 0. The smallest absolute Gasteiger partial charge is 0.131 e. The fourth-order valence-electron chi connectivity index (χ4n) is 3.72. The molecule has 1 nitrogen and oxygen atoms in total. The SMILES string of the molecule is COc1ccc(F)c(-c2cc[c]cc2C2CCCC2(C)C)c1. The van der Waals surface area contributed by atoms with Crippen LogP contribution in [0.1, 0.15) is 44.6 Å². The van der Waals surface area contributed by atoms with E-state index in [1.54, 1.807) is 19.2 Å². The molecule has 2 aromatic carbocycles. The Hall–Kier alpha value is -1.83. The molecule has 1 aliphatic rings. The van der Waals surface area contributed by atoms with Crippen LogP contribution in [-0.4, -0.2) is 7.11 Å². The first-order valence-corrected chi connectivity index (χ1v) is 7.87. The van der Waals surface area contributed by atoms with Gasteiger partial charge < -0.3 is 4.74 Å². The molecule has 0 N–H and O–H groups in total. The maximum absolute atomic E-state index is 14.4. The topological polar surface area (TPSA) is 9.23 Å². The maximum Gasteiger partial charge on any atom is 0.131 e. The molecule has 115 valence electrons. The van der Waals surface area contributed by atoms with Crippen molar-refractivity contribution >= 4 is 0 Å². The summed E-state index contributed by atoms with van der Waals surface area (Å²) < 4.78 is 19.6. The summed E-state index contributed by atoms with van der Waals surface area (Å²) in [5, 5.41) is 0. The normalized spacial score (nSPS) is 20.1. The fraction of sp³-hybridized carbons (Fsp3) is 0.400. The zero-order chi connectivity index (χ0) is 15.7. The molecule has 0 aromatic heterocycles. The number of hydrogen-bond acceptors (Lipinski definition) is 1. The van der Waals surface area contributed by atoms with E-state index in [1.807, 2.05) is 18.2 Å². The minimum atomic E-state index is -0.205. The number of halogens is 1. The second-order valence-corrected chi connectivity index (χ2v) is 6.79.